The monoisotopic (exact) mass is 410 g/mol. The van der Waals surface area contributed by atoms with E-state index in [4.69, 9.17) is 0 Å². The molecule has 0 radical (unpaired) electrons. The standard InChI is InChI=1S/C20H15FN4OS2/c21-15-6-3-7-16(11-15)23-19-24-25-20(28-19)27-12-18(26)22-17-9-8-13-4-1-2-5-14(13)10-17/h1-11H,12H2,(H,22,26)(H,23,24). The third-order valence-electron chi connectivity index (χ3n) is 3.84. The average Bonchev–Trinajstić information content (AvgIpc) is 3.14. The number of nitrogens with zero attached hydrogens (tertiary/aromatic N) is 2. The van der Waals surface area contributed by atoms with E-state index in [9.17, 15) is 9.18 Å². The first-order valence-electron chi connectivity index (χ1n) is 8.43. The van der Waals surface area contributed by atoms with Crippen molar-refractivity contribution < 1.29 is 9.18 Å². The van der Waals surface area contributed by atoms with E-state index in [1.165, 1.54) is 35.2 Å². The number of fused-ring (bicyclic) bond motifs is 1. The summed E-state index contributed by atoms with van der Waals surface area (Å²) < 4.78 is 13.9. The molecule has 5 nitrogen and oxygen atoms in total. The van der Waals surface area contributed by atoms with Gasteiger partial charge >= 0.3 is 0 Å². The van der Waals surface area contributed by atoms with Crippen molar-refractivity contribution in [2.45, 2.75) is 4.34 Å². The van der Waals surface area contributed by atoms with Gasteiger partial charge in [0.2, 0.25) is 11.0 Å². The summed E-state index contributed by atoms with van der Waals surface area (Å²) in [4.78, 5) is 12.2. The zero-order chi connectivity index (χ0) is 19.3. The van der Waals surface area contributed by atoms with Crippen LogP contribution in [0.2, 0.25) is 0 Å². The Kier molecular flexibility index (Phi) is 5.50. The molecule has 1 heterocycles. The second-order valence-electron chi connectivity index (χ2n) is 5.91. The number of nitrogens with one attached hydrogen (secondary N) is 2. The summed E-state index contributed by atoms with van der Waals surface area (Å²) >= 11 is 2.62. The lowest BCUT2D eigenvalue weighted by atomic mass is 10.1. The molecule has 140 valence electrons. The summed E-state index contributed by atoms with van der Waals surface area (Å²) in [5, 5.41) is 16.7. The number of rotatable bonds is 6. The number of thioether (sulfide) groups is 1. The quantitative estimate of drug-likeness (QED) is 0.422. The largest absolute Gasteiger partial charge is 0.330 e. The molecule has 4 aromatic rings. The summed E-state index contributed by atoms with van der Waals surface area (Å²) in [7, 11) is 0. The van der Waals surface area contributed by atoms with Gasteiger partial charge in [-0.05, 0) is 41.1 Å². The molecule has 0 aliphatic carbocycles. The summed E-state index contributed by atoms with van der Waals surface area (Å²) in [5.74, 6) is -0.217. The second-order valence-corrected chi connectivity index (χ2v) is 8.11. The topological polar surface area (TPSA) is 66.9 Å². The predicted octanol–water partition coefficient (Wildman–Crippen LogP) is 5.30. The Labute approximate surface area is 169 Å². The van der Waals surface area contributed by atoms with Crippen LogP contribution >= 0.6 is 23.1 Å². The number of anilines is 3. The van der Waals surface area contributed by atoms with Crippen LogP contribution in [0, 0.1) is 5.82 Å². The van der Waals surface area contributed by atoms with Gasteiger partial charge < -0.3 is 10.6 Å². The third kappa shape index (κ3) is 4.65. The van der Waals surface area contributed by atoms with Crippen molar-refractivity contribution in [3.63, 3.8) is 0 Å². The van der Waals surface area contributed by atoms with Gasteiger partial charge in [-0.1, -0.05) is 59.5 Å². The molecule has 0 saturated heterocycles. The fraction of sp³-hybridized carbons (Fsp3) is 0.0500. The van der Waals surface area contributed by atoms with Crippen LogP contribution in [0.4, 0.5) is 20.9 Å². The Morgan fingerprint density at radius 3 is 2.68 bits per heavy atom. The van der Waals surface area contributed by atoms with Gasteiger partial charge in [0, 0.05) is 11.4 Å². The van der Waals surface area contributed by atoms with Crippen LogP contribution in [0.5, 0.6) is 0 Å². The molecule has 0 aliphatic rings. The highest BCUT2D eigenvalue weighted by molar-refractivity contribution is 8.01. The number of amides is 1. The zero-order valence-corrected chi connectivity index (χ0v) is 16.2. The summed E-state index contributed by atoms with van der Waals surface area (Å²) in [6.45, 7) is 0. The van der Waals surface area contributed by atoms with Crippen LogP contribution in [-0.4, -0.2) is 21.9 Å². The Balaban J connectivity index is 1.32. The maximum atomic E-state index is 13.2. The normalized spacial score (nSPS) is 10.8. The molecular weight excluding hydrogens is 395 g/mol. The van der Waals surface area contributed by atoms with Crippen LogP contribution in [0.15, 0.2) is 71.1 Å². The molecule has 0 fully saturated rings. The van der Waals surface area contributed by atoms with Gasteiger partial charge in [-0.3, -0.25) is 4.79 Å². The molecule has 2 N–H and O–H groups in total. The number of hydrogen-bond donors (Lipinski definition) is 2. The highest BCUT2D eigenvalue weighted by Gasteiger charge is 2.09. The molecule has 1 aromatic heterocycles. The summed E-state index contributed by atoms with van der Waals surface area (Å²) in [5.41, 5.74) is 1.36. The van der Waals surface area contributed by atoms with Gasteiger partial charge in [0.15, 0.2) is 4.34 Å². The number of hydrogen-bond acceptors (Lipinski definition) is 6. The van der Waals surface area contributed by atoms with Crippen molar-refractivity contribution in [3.05, 3.63) is 72.5 Å². The number of aromatic nitrogens is 2. The van der Waals surface area contributed by atoms with Crippen molar-refractivity contribution in [1.82, 2.24) is 10.2 Å². The predicted molar refractivity (Wildman–Crippen MR) is 113 cm³/mol. The van der Waals surface area contributed by atoms with Gasteiger partial charge in [-0.25, -0.2) is 4.39 Å². The Bertz CT molecular complexity index is 1130. The van der Waals surface area contributed by atoms with E-state index in [1.54, 1.807) is 12.1 Å². The molecule has 0 saturated carbocycles. The second kappa shape index (κ2) is 8.37. The maximum absolute atomic E-state index is 13.2. The van der Waals surface area contributed by atoms with E-state index in [0.717, 1.165) is 16.5 Å². The van der Waals surface area contributed by atoms with Crippen LogP contribution < -0.4 is 10.6 Å². The first-order valence-corrected chi connectivity index (χ1v) is 10.2. The summed E-state index contributed by atoms with van der Waals surface area (Å²) in [6.07, 6.45) is 0. The van der Waals surface area contributed by atoms with E-state index in [2.05, 4.69) is 20.8 Å². The molecule has 8 heteroatoms. The van der Waals surface area contributed by atoms with Crippen molar-refractivity contribution in [2.24, 2.45) is 0 Å². The summed E-state index contributed by atoms with van der Waals surface area (Å²) in [6, 6.07) is 19.9. The molecule has 0 aliphatic heterocycles. The number of carbonyl (C=O) groups is 1. The van der Waals surface area contributed by atoms with Crippen molar-refractivity contribution in [2.75, 3.05) is 16.4 Å². The van der Waals surface area contributed by atoms with Gasteiger partial charge in [-0.15, -0.1) is 10.2 Å². The maximum Gasteiger partial charge on any atom is 0.234 e. The first-order chi connectivity index (χ1) is 13.7. The third-order valence-corrected chi connectivity index (χ3v) is 5.81. The van der Waals surface area contributed by atoms with Crippen LogP contribution in [0.3, 0.4) is 0 Å². The van der Waals surface area contributed by atoms with Gasteiger partial charge in [0.25, 0.3) is 0 Å². The molecule has 0 spiro atoms. The minimum absolute atomic E-state index is 0.116. The minimum atomic E-state index is -0.325. The lowest BCUT2D eigenvalue weighted by molar-refractivity contribution is -0.113. The molecule has 0 atom stereocenters. The molecular formula is C20H15FN4OS2. The van der Waals surface area contributed by atoms with E-state index in [-0.39, 0.29) is 17.5 Å². The van der Waals surface area contributed by atoms with Crippen LogP contribution in [0.25, 0.3) is 10.8 Å². The molecule has 28 heavy (non-hydrogen) atoms. The lowest BCUT2D eigenvalue weighted by Crippen LogP contribution is -2.13. The number of benzene rings is 3. The smallest absolute Gasteiger partial charge is 0.234 e. The first kappa shape index (κ1) is 18.4. The van der Waals surface area contributed by atoms with E-state index in [0.29, 0.717) is 15.2 Å². The molecule has 0 unspecified atom stereocenters. The molecule has 1 amide bonds. The Morgan fingerprint density at radius 1 is 0.964 bits per heavy atom. The van der Waals surface area contributed by atoms with Crippen LogP contribution in [-0.2, 0) is 4.79 Å². The number of carbonyl (C=O) groups excluding carboxylic acids is 1. The fourth-order valence-corrected chi connectivity index (χ4v) is 4.17. The number of halogens is 1. The van der Waals surface area contributed by atoms with Crippen molar-refractivity contribution in [3.8, 4) is 0 Å². The highest BCUT2D eigenvalue weighted by atomic mass is 32.2. The average molecular weight is 410 g/mol. The highest BCUT2D eigenvalue weighted by Crippen LogP contribution is 2.28. The SMILES string of the molecule is O=C(CSc1nnc(Nc2cccc(F)c2)s1)Nc1ccc2ccccc2c1. The molecule has 3 aromatic carbocycles. The van der Waals surface area contributed by atoms with E-state index >= 15 is 0 Å². The van der Waals surface area contributed by atoms with Crippen molar-refractivity contribution >= 4 is 56.3 Å². The minimum Gasteiger partial charge on any atom is -0.330 e. The van der Waals surface area contributed by atoms with Crippen molar-refractivity contribution in [1.29, 1.82) is 0 Å². The Morgan fingerprint density at radius 2 is 1.82 bits per heavy atom. The van der Waals surface area contributed by atoms with Gasteiger partial charge in [0.05, 0.1) is 5.75 Å². The fourth-order valence-electron chi connectivity index (χ4n) is 2.60. The van der Waals surface area contributed by atoms with E-state index < -0.39 is 0 Å². The molecule has 4 rings (SSSR count). The lowest BCUT2D eigenvalue weighted by Gasteiger charge is -2.05. The van der Waals surface area contributed by atoms with Crippen LogP contribution in [0.1, 0.15) is 0 Å². The Hall–Kier alpha value is -2.97. The molecule has 0 bridgehead atoms. The van der Waals surface area contributed by atoms with Gasteiger partial charge in [-0.2, -0.15) is 0 Å². The van der Waals surface area contributed by atoms with Gasteiger partial charge in [0.1, 0.15) is 5.82 Å². The zero-order valence-electron chi connectivity index (χ0n) is 14.6. The van der Waals surface area contributed by atoms with E-state index in [1.807, 2.05) is 42.5 Å².